The maximum atomic E-state index is 14.3. The van der Waals surface area contributed by atoms with Gasteiger partial charge in [0.25, 0.3) is 0 Å². The standard InChI is InChI=1S/C14H11FO4/c1-19-14-11(15)10(8-5-3-2-4-6-8)9(7-16)12(17)13(14)18/h2-7,17-18H,1H3. The number of methoxy groups -OCH3 is 1. The first kappa shape index (κ1) is 12.9. The molecule has 0 fully saturated rings. The van der Waals surface area contributed by atoms with E-state index in [1.807, 2.05) is 0 Å². The molecule has 0 spiro atoms. The van der Waals surface area contributed by atoms with Crippen molar-refractivity contribution in [2.75, 3.05) is 7.11 Å². The molecule has 0 unspecified atom stereocenters. The lowest BCUT2D eigenvalue weighted by Gasteiger charge is -2.14. The van der Waals surface area contributed by atoms with Crippen molar-refractivity contribution in [2.45, 2.75) is 0 Å². The van der Waals surface area contributed by atoms with Gasteiger partial charge < -0.3 is 14.9 Å². The summed E-state index contributed by atoms with van der Waals surface area (Å²) >= 11 is 0. The Morgan fingerprint density at radius 3 is 2.32 bits per heavy atom. The number of rotatable bonds is 3. The van der Waals surface area contributed by atoms with Crippen LogP contribution in [0.2, 0.25) is 0 Å². The van der Waals surface area contributed by atoms with E-state index >= 15 is 0 Å². The number of hydrogen-bond acceptors (Lipinski definition) is 4. The third kappa shape index (κ3) is 1.99. The van der Waals surface area contributed by atoms with E-state index in [0.29, 0.717) is 11.8 Å². The lowest BCUT2D eigenvalue weighted by molar-refractivity contribution is 0.112. The molecule has 2 rings (SSSR count). The highest BCUT2D eigenvalue weighted by molar-refractivity contribution is 5.93. The van der Waals surface area contributed by atoms with Crippen molar-refractivity contribution in [3.8, 4) is 28.4 Å². The number of halogens is 1. The molecule has 19 heavy (non-hydrogen) atoms. The maximum Gasteiger partial charge on any atom is 0.204 e. The molecule has 0 saturated heterocycles. The van der Waals surface area contributed by atoms with Crippen LogP contribution in [0.1, 0.15) is 10.4 Å². The highest BCUT2D eigenvalue weighted by Crippen LogP contribution is 2.45. The third-order valence-electron chi connectivity index (χ3n) is 2.77. The zero-order valence-corrected chi connectivity index (χ0v) is 10.1. The van der Waals surface area contributed by atoms with E-state index in [4.69, 9.17) is 4.74 Å². The van der Waals surface area contributed by atoms with Crippen molar-refractivity contribution >= 4 is 6.29 Å². The molecule has 0 bridgehead atoms. The minimum atomic E-state index is -0.897. The Hall–Kier alpha value is -2.56. The minimum absolute atomic E-state index is 0.109. The lowest BCUT2D eigenvalue weighted by atomic mass is 9.97. The number of carbonyl (C=O) groups is 1. The van der Waals surface area contributed by atoms with Gasteiger partial charge in [0, 0.05) is 5.56 Å². The first-order chi connectivity index (χ1) is 9.11. The normalized spacial score (nSPS) is 10.2. The molecule has 0 atom stereocenters. The van der Waals surface area contributed by atoms with Gasteiger partial charge in [-0.1, -0.05) is 30.3 Å². The summed E-state index contributed by atoms with van der Waals surface area (Å²) in [5.41, 5.74) is -0.0274. The highest BCUT2D eigenvalue weighted by Gasteiger charge is 2.25. The Kier molecular flexibility index (Phi) is 3.37. The van der Waals surface area contributed by atoms with Gasteiger partial charge >= 0.3 is 0 Å². The molecule has 0 heterocycles. The number of aromatic hydroxyl groups is 2. The first-order valence-corrected chi connectivity index (χ1v) is 5.43. The van der Waals surface area contributed by atoms with E-state index in [2.05, 4.69) is 0 Å². The molecule has 98 valence electrons. The van der Waals surface area contributed by atoms with Crippen molar-refractivity contribution in [3.63, 3.8) is 0 Å². The molecule has 2 aromatic rings. The van der Waals surface area contributed by atoms with Crippen LogP contribution in [-0.2, 0) is 0 Å². The van der Waals surface area contributed by atoms with E-state index in [-0.39, 0.29) is 11.1 Å². The molecular weight excluding hydrogens is 251 g/mol. The zero-order valence-electron chi connectivity index (χ0n) is 10.1. The Morgan fingerprint density at radius 2 is 1.79 bits per heavy atom. The average molecular weight is 262 g/mol. The number of carbonyl (C=O) groups excluding carboxylic acids is 1. The Labute approximate surface area is 108 Å². The van der Waals surface area contributed by atoms with Gasteiger partial charge in [0.15, 0.2) is 17.9 Å². The fourth-order valence-electron chi connectivity index (χ4n) is 1.88. The predicted octanol–water partition coefficient (Wildman–Crippen LogP) is 2.73. The molecule has 5 heteroatoms. The second-order valence-corrected chi connectivity index (χ2v) is 3.82. The van der Waals surface area contributed by atoms with Gasteiger partial charge in [-0.25, -0.2) is 4.39 Å². The van der Waals surface area contributed by atoms with Crippen LogP contribution in [0.5, 0.6) is 17.2 Å². The molecule has 2 aromatic carbocycles. The van der Waals surface area contributed by atoms with Gasteiger partial charge in [0.05, 0.1) is 12.7 Å². The molecule has 2 N–H and O–H groups in total. The van der Waals surface area contributed by atoms with Crippen LogP contribution in [0, 0.1) is 5.82 Å². The number of phenols is 2. The second kappa shape index (κ2) is 4.97. The van der Waals surface area contributed by atoms with Crippen LogP contribution in [0.25, 0.3) is 11.1 Å². The SMILES string of the molecule is COc1c(O)c(O)c(C=O)c(-c2ccccc2)c1F. The highest BCUT2D eigenvalue weighted by atomic mass is 19.1. The van der Waals surface area contributed by atoms with Gasteiger partial charge in [-0.2, -0.15) is 0 Å². The number of ether oxygens (including phenoxy) is 1. The van der Waals surface area contributed by atoms with Crippen molar-refractivity contribution in [2.24, 2.45) is 0 Å². The van der Waals surface area contributed by atoms with Gasteiger partial charge in [-0.3, -0.25) is 4.79 Å². The molecule has 0 aliphatic carbocycles. The fourth-order valence-corrected chi connectivity index (χ4v) is 1.88. The number of hydrogen-bond donors (Lipinski definition) is 2. The fraction of sp³-hybridized carbons (Fsp3) is 0.0714. The topological polar surface area (TPSA) is 66.8 Å². The molecule has 4 nitrogen and oxygen atoms in total. The summed E-state index contributed by atoms with van der Waals surface area (Å²) in [4.78, 5) is 11.0. The average Bonchev–Trinajstić information content (AvgIpc) is 2.44. The summed E-state index contributed by atoms with van der Waals surface area (Å²) in [5.74, 6) is -2.89. The van der Waals surface area contributed by atoms with Crippen LogP contribution < -0.4 is 4.74 Å². The summed E-state index contributed by atoms with van der Waals surface area (Å²) in [7, 11) is 1.16. The van der Waals surface area contributed by atoms with Crippen LogP contribution in [-0.4, -0.2) is 23.6 Å². The van der Waals surface area contributed by atoms with E-state index in [0.717, 1.165) is 7.11 Å². The summed E-state index contributed by atoms with van der Waals surface area (Å²) in [6.45, 7) is 0. The smallest absolute Gasteiger partial charge is 0.204 e. The quantitative estimate of drug-likeness (QED) is 0.659. The van der Waals surface area contributed by atoms with Gasteiger partial charge in [-0.15, -0.1) is 0 Å². The molecule has 0 saturated carbocycles. The van der Waals surface area contributed by atoms with Crippen molar-refractivity contribution in [1.82, 2.24) is 0 Å². The van der Waals surface area contributed by atoms with Crippen LogP contribution in [0.15, 0.2) is 30.3 Å². The van der Waals surface area contributed by atoms with Crippen LogP contribution in [0.3, 0.4) is 0 Å². The van der Waals surface area contributed by atoms with Crippen LogP contribution in [0.4, 0.5) is 4.39 Å². The van der Waals surface area contributed by atoms with Gasteiger partial charge in [-0.05, 0) is 5.56 Å². The van der Waals surface area contributed by atoms with Crippen LogP contribution >= 0.6 is 0 Å². The molecule has 0 aromatic heterocycles. The number of benzene rings is 2. The molecule has 0 aliphatic heterocycles. The second-order valence-electron chi connectivity index (χ2n) is 3.82. The molecule has 0 aliphatic rings. The number of aldehydes is 1. The monoisotopic (exact) mass is 262 g/mol. The number of phenolic OH excluding ortho intramolecular Hbond substituents is 2. The largest absolute Gasteiger partial charge is 0.504 e. The van der Waals surface area contributed by atoms with E-state index in [9.17, 15) is 19.4 Å². The first-order valence-electron chi connectivity index (χ1n) is 5.43. The third-order valence-corrected chi connectivity index (χ3v) is 2.77. The predicted molar refractivity (Wildman–Crippen MR) is 67.1 cm³/mol. The summed E-state index contributed by atoms with van der Waals surface area (Å²) in [6.07, 6.45) is 0.292. The van der Waals surface area contributed by atoms with Crippen molar-refractivity contribution in [3.05, 3.63) is 41.7 Å². The summed E-state index contributed by atoms with van der Waals surface area (Å²) in [6, 6.07) is 8.24. The summed E-state index contributed by atoms with van der Waals surface area (Å²) < 4.78 is 19.0. The Balaban J connectivity index is 2.86. The molecule has 0 radical (unpaired) electrons. The van der Waals surface area contributed by atoms with E-state index < -0.39 is 23.1 Å². The lowest BCUT2D eigenvalue weighted by Crippen LogP contribution is -1.98. The van der Waals surface area contributed by atoms with E-state index in [1.54, 1.807) is 30.3 Å². The van der Waals surface area contributed by atoms with Gasteiger partial charge in [0.2, 0.25) is 11.5 Å². The van der Waals surface area contributed by atoms with E-state index in [1.165, 1.54) is 0 Å². The van der Waals surface area contributed by atoms with Gasteiger partial charge in [0.1, 0.15) is 0 Å². The Morgan fingerprint density at radius 1 is 1.16 bits per heavy atom. The maximum absolute atomic E-state index is 14.3. The molecular formula is C14H11FO4. The minimum Gasteiger partial charge on any atom is -0.504 e. The Bertz CT molecular complexity index is 623. The zero-order chi connectivity index (χ0) is 14.0. The molecule has 0 amide bonds. The summed E-state index contributed by atoms with van der Waals surface area (Å²) in [5, 5.41) is 19.3. The van der Waals surface area contributed by atoms with Crippen molar-refractivity contribution in [1.29, 1.82) is 0 Å². The van der Waals surface area contributed by atoms with Crippen molar-refractivity contribution < 1.29 is 24.1 Å².